The first-order valence-electron chi connectivity index (χ1n) is 25.8. The third-order valence-corrected chi connectivity index (χ3v) is 18.0. The van der Waals surface area contributed by atoms with Crippen LogP contribution in [0.1, 0.15) is 120 Å². The number of thiophene rings is 1. The summed E-state index contributed by atoms with van der Waals surface area (Å²) in [4.78, 5) is 5.35. The molecule has 5 heteroatoms. The molecule has 70 heavy (non-hydrogen) atoms. The molecule has 7 aromatic carbocycles. The molecule has 1 unspecified atom stereocenters. The normalized spacial score (nSPS) is 17.7. The molecule has 346 valence electrons. The third-order valence-electron chi connectivity index (χ3n) is 16.8. The fraction of sp³-hybridized carbons (Fsp3) is 0.262. The number of hydrogen-bond donors (Lipinski definition) is 0. The van der Waals surface area contributed by atoms with Crippen molar-refractivity contribution in [3.8, 4) is 0 Å². The molecular weight excluding hydrogens is 868 g/mol. The van der Waals surface area contributed by atoms with Crippen LogP contribution in [0.4, 0.5) is 28.4 Å². The summed E-state index contributed by atoms with van der Waals surface area (Å²) in [5.41, 5.74) is 20.4. The van der Waals surface area contributed by atoms with Gasteiger partial charge in [0.25, 0.3) is 6.71 Å². The van der Waals surface area contributed by atoms with Gasteiger partial charge in [-0.15, -0.1) is 11.3 Å². The predicted octanol–water partition coefficient (Wildman–Crippen LogP) is 16.3. The van der Waals surface area contributed by atoms with Gasteiger partial charge in [-0.05, 0) is 147 Å². The van der Waals surface area contributed by atoms with E-state index < -0.39 is 0 Å². The Morgan fingerprint density at radius 3 is 1.93 bits per heavy atom. The lowest BCUT2D eigenvalue weighted by molar-refractivity contribution is 0.332. The summed E-state index contributed by atoms with van der Waals surface area (Å²) >= 11 is 2.03. The molecule has 0 amide bonds. The molecule has 4 aliphatic rings. The lowest BCUT2D eigenvalue weighted by atomic mass is 9.36. The second-order valence-electron chi connectivity index (χ2n) is 22.7. The van der Waals surface area contributed by atoms with E-state index in [0.29, 0.717) is 17.8 Å². The first kappa shape index (κ1) is 43.5. The Hall–Kier alpha value is -6.56. The monoisotopic (exact) mass is 928 g/mol. The summed E-state index contributed by atoms with van der Waals surface area (Å²) < 4.78 is 9.55. The second kappa shape index (κ2) is 16.0. The van der Waals surface area contributed by atoms with Crippen molar-refractivity contribution < 1.29 is 4.42 Å². The number of anilines is 5. The maximum Gasteiger partial charge on any atom is 0.264 e. The van der Waals surface area contributed by atoms with Crippen molar-refractivity contribution in [1.82, 2.24) is 0 Å². The summed E-state index contributed by atoms with van der Waals surface area (Å²) in [6.45, 7) is 19.3. The van der Waals surface area contributed by atoms with Crippen LogP contribution in [0.3, 0.4) is 0 Å². The van der Waals surface area contributed by atoms with Gasteiger partial charge < -0.3 is 14.2 Å². The van der Waals surface area contributed by atoms with E-state index in [1.54, 1.807) is 0 Å². The van der Waals surface area contributed by atoms with Crippen molar-refractivity contribution in [2.24, 2.45) is 11.8 Å². The fourth-order valence-corrected chi connectivity index (χ4v) is 14.1. The van der Waals surface area contributed by atoms with Crippen LogP contribution in [-0.2, 0) is 10.8 Å². The Morgan fingerprint density at radius 2 is 1.26 bits per heavy atom. The van der Waals surface area contributed by atoms with Crippen molar-refractivity contribution in [2.75, 3.05) is 9.80 Å². The highest BCUT2D eigenvalue weighted by Crippen LogP contribution is 2.54. The van der Waals surface area contributed by atoms with Gasteiger partial charge in [0, 0.05) is 48.9 Å². The smallest absolute Gasteiger partial charge is 0.264 e. The van der Waals surface area contributed by atoms with Crippen LogP contribution in [0.15, 0.2) is 174 Å². The highest BCUT2D eigenvalue weighted by molar-refractivity contribution is 7.33. The van der Waals surface area contributed by atoms with Gasteiger partial charge in [-0.3, -0.25) is 0 Å². The number of furan rings is 1. The predicted molar refractivity (Wildman–Crippen MR) is 300 cm³/mol. The molecule has 3 nitrogen and oxygen atoms in total. The Kier molecular flexibility index (Phi) is 9.93. The molecule has 2 aromatic heterocycles. The van der Waals surface area contributed by atoms with Crippen LogP contribution in [-0.4, -0.2) is 6.71 Å². The van der Waals surface area contributed by atoms with E-state index in [0.717, 1.165) is 40.5 Å². The summed E-state index contributed by atoms with van der Waals surface area (Å²) in [6, 6.07) is 55.5. The van der Waals surface area contributed by atoms with E-state index in [1.807, 2.05) is 11.3 Å². The van der Waals surface area contributed by atoms with Gasteiger partial charge >= 0.3 is 0 Å². The Balaban J connectivity index is 1.20. The van der Waals surface area contributed by atoms with E-state index in [9.17, 15) is 0 Å². The summed E-state index contributed by atoms with van der Waals surface area (Å²) in [7, 11) is 0. The number of nitrogens with zero attached hydrogens (tertiary/aromatic N) is 2. The molecule has 0 fully saturated rings. The quantitative estimate of drug-likeness (QED) is 0.117. The first-order chi connectivity index (χ1) is 33.9. The van der Waals surface area contributed by atoms with Gasteiger partial charge in [0.2, 0.25) is 0 Å². The molecule has 9 aromatic rings. The van der Waals surface area contributed by atoms with Gasteiger partial charge in [0.15, 0.2) is 0 Å². The number of fused-ring (bicyclic) bond motifs is 10. The van der Waals surface area contributed by atoms with Gasteiger partial charge in [-0.2, -0.15) is 0 Å². The molecule has 2 aliphatic heterocycles. The topological polar surface area (TPSA) is 19.6 Å². The highest BCUT2D eigenvalue weighted by atomic mass is 32.1. The van der Waals surface area contributed by atoms with E-state index in [-0.39, 0.29) is 23.5 Å². The average molecular weight is 929 g/mol. The zero-order valence-corrected chi connectivity index (χ0v) is 42.6. The highest BCUT2D eigenvalue weighted by Gasteiger charge is 2.48. The SMILES string of the molecule is CC(C)c1ccc2c(c1)B1c3sc4cc5c(cc4c3N(c3cccc4oc6ccccc6c34)c3cc(C(c4ccccc4)c4ccccc4)cc(c31)N2C1=CCC(C(C)C)C=C1)C(C)(C)CCC5(C)C. The van der Waals surface area contributed by atoms with E-state index in [2.05, 4.69) is 229 Å². The Morgan fingerprint density at radius 1 is 0.600 bits per heavy atom. The molecule has 0 bridgehead atoms. The standard InChI is InChI=1S/C65H61BN2OS/c1-39(2)41-26-29-46(30-27-41)67-52-31-28-44(40(3)4)34-51(52)66-61-54(67)35-45(59(42-18-11-9-12-19-42)43-20-13-10-14-21-43)36-55(61)68(53-23-17-25-57-60(53)47-22-15-16-24-56(47)69-57)62-48-37-49-50(38-58(48)70-63(62)66)65(7,8)33-32-64(49,5)6/h9-26,28-31,34-41,59H,27,32-33H2,1-8H3. The zero-order valence-electron chi connectivity index (χ0n) is 41.8. The van der Waals surface area contributed by atoms with Gasteiger partial charge in [-0.25, -0.2) is 0 Å². The Bertz CT molecular complexity index is 3590. The average Bonchev–Trinajstić information content (AvgIpc) is 3.94. The summed E-state index contributed by atoms with van der Waals surface area (Å²) in [6.07, 6.45) is 10.8. The maximum atomic E-state index is 6.76. The maximum absolute atomic E-state index is 6.76. The van der Waals surface area contributed by atoms with Crippen LogP contribution in [0.25, 0.3) is 32.0 Å². The van der Waals surface area contributed by atoms with Crippen LogP contribution in [0, 0.1) is 11.8 Å². The summed E-state index contributed by atoms with van der Waals surface area (Å²) in [5.74, 6) is 1.44. The lowest BCUT2D eigenvalue weighted by Gasteiger charge is -2.45. The summed E-state index contributed by atoms with van der Waals surface area (Å²) in [5, 5.41) is 3.63. The van der Waals surface area contributed by atoms with Crippen LogP contribution >= 0.6 is 11.3 Å². The minimum atomic E-state index is -0.0155. The zero-order chi connectivity index (χ0) is 47.8. The molecule has 4 heterocycles. The largest absolute Gasteiger partial charge is 0.456 e. The van der Waals surface area contributed by atoms with Crippen molar-refractivity contribution >= 4 is 94.2 Å². The molecule has 0 spiro atoms. The minimum absolute atomic E-state index is 0.00878. The van der Waals surface area contributed by atoms with Crippen molar-refractivity contribution in [1.29, 1.82) is 0 Å². The molecule has 13 rings (SSSR count). The minimum Gasteiger partial charge on any atom is -0.456 e. The van der Waals surface area contributed by atoms with Gasteiger partial charge in [0.05, 0.1) is 16.8 Å². The molecular formula is C65H61BN2OS. The van der Waals surface area contributed by atoms with E-state index in [1.165, 1.54) is 94.0 Å². The number of rotatable bonds is 7. The van der Waals surface area contributed by atoms with Crippen LogP contribution in [0.5, 0.6) is 0 Å². The number of allylic oxidation sites excluding steroid dienone is 3. The van der Waals surface area contributed by atoms with Gasteiger partial charge in [0.1, 0.15) is 11.2 Å². The molecule has 1 atom stereocenters. The first-order valence-corrected chi connectivity index (χ1v) is 26.6. The van der Waals surface area contributed by atoms with E-state index in [4.69, 9.17) is 4.42 Å². The van der Waals surface area contributed by atoms with Crippen LogP contribution in [0.2, 0.25) is 0 Å². The molecule has 0 saturated heterocycles. The fourth-order valence-electron chi connectivity index (χ4n) is 12.7. The van der Waals surface area contributed by atoms with Crippen molar-refractivity contribution in [2.45, 2.75) is 97.3 Å². The Labute approximate surface area is 418 Å². The lowest BCUT2D eigenvalue weighted by Crippen LogP contribution is -2.61. The molecule has 0 saturated carbocycles. The number of hydrogen-bond acceptors (Lipinski definition) is 4. The van der Waals surface area contributed by atoms with Gasteiger partial charge in [-0.1, -0.05) is 165 Å². The third kappa shape index (κ3) is 6.60. The van der Waals surface area contributed by atoms with E-state index >= 15 is 0 Å². The molecule has 0 N–H and O–H groups in total. The molecule has 2 aliphatic carbocycles. The molecule has 0 radical (unpaired) electrons. The van der Waals surface area contributed by atoms with Crippen molar-refractivity contribution in [3.63, 3.8) is 0 Å². The van der Waals surface area contributed by atoms with Crippen molar-refractivity contribution in [3.05, 3.63) is 203 Å². The number of para-hydroxylation sites is 1. The van der Waals surface area contributed by atoms with Crippen LogP contribution < -0.4 is 25.5 Å². The second-order valence-corrected chi connectivity index (χ2v) is 23.7. The number of benzene rings is 7.